The fourth-order valence-electron chi connectivity index (χ4n) is 3.90. The number of carbonyl (C=O) groups is 2. The molecular formula is C26H21ClN4O2S2. The van der Waals surface area contributed by atoms with Crippen LogP contribution in [0.4, 0.5) is 10.8 Å². The van der Waals surface area contributed by atoms with E-state index in [0.29, 0.717) is 34.4 Å². The molecule has 1 aromatic heterocycles. The van der Waals surface area contributed by atoms with Gasteiger partial charge in [0.25, 0.3) is 5.91 Å². The third-order valence-corrected chi connectivity index (χ3v) is 8.17. The SMILES string of the molecule is O=C(Nc1nnc(C2CC(=O)N(c3ccccc3)C2)s1)c1ccccc1SCc1ccccc1Cl. The molecule has 3 aromatic carbocycles. The molecule has 5 rings (SSSR count). The van der Waals surface area contributed by atoms with Gasteiger partial charge in [0.05, 0.1) is 5.56 Å². The van der Waals surface area contributed by atoms with Crippen LogP contribution in [0.3, 0.4) is 0 Å². The summed E-state index contributed by atoms with van der Waals surface area (Å²) >= 11 is 9.15. The highest BCUT2D eigenvalue weighted by Crippen LogP contribution is 2.35. The molecule has 1 unspecified atom stereocenters. The molecule has 1 N–H and O–H groups in total. The molecule has 35 heavy (non-hydrogen) atoms. The Morgan fingerprint density at radius 3 is 2.60 bits per heavy atom. The largest absolute Gasteiger partial charge is 0.312 e. The number of anilines is 2. The molecule has 0 aliphatic carbocycles. The Balaban J connectivity index is 1.25. The maximum atomic E-state index is 13.1. The molecule has 4 aromatic rings. The van der Waals surface area contributed by atoms with Gasteiger partial charge in [-0.1, -0.05) is 71.5 Å². The van der Waals surface area contributed by atoms with Gasteiger partial charge < -0.3 is 4.90 Å². The van der Waals surface area contributed by atoms with E-state index in [1.807, 2.05) is 72.8 Å². The molecule has 0 radical (unpaired) electrons. The summed E-state index contributed by atoms with van der Waals surface area (Å²) in [6.07, 6.45) is 0.374. The zero-order valence-electron chi connectivity index (χ0n) is 18.6. The highest BCUT2D eigenvalue weighted by atomic mass is 35.5. The Morgan fingerprint density at radius 2 is 1.77 bits per heavy atom. The number of amides is 2. The van der Waals surface area contributed by atoms with E-state index in [9.17, 15) is 9.59 Å². The van der Waals surface area contributed by atoms with Crippen molar-refractivity contribution < 1.29 is 9.59 Å². The average molecular weight is 521 g/mol. The van der Waals surface area contributed by atoms with Crippen LogP contribution in [0.1, 0.15) is 33.3 Å². The fourth-order valence-corrected chi connectivity index (χ4v) is 6.06. The molecule has 0 saturated carbocycles. The molecule has 1 aliphatic rings. The van der Waals surface area contributed by atoms with Crippen molar-refractivity contribution >= 4 is 57.3 Å². The number of nitrogens with one attached hydrogen (secondary N) is 1. The topological polar surface area (TPSA) is 75.2 Å². The number of benzene rings is 3. The molecule has 2 amide bonds. The zero-order valence-corrected chi connectivity index (χ0v) is 20.9. The van der Waals surface area contributed by atoms with Gasteiger partial charge in [-0.05, 0) is 35.9 Å². The van der Waals surface area contributed by atoms with Gasteiger partial charge in [-0.25, -0.2) is 0 Å². The quantitative estimate of drug-likeness (QED) is 0.291. The van der Waals surface area contributed by atoms with E-state index in [1.165, 1.54) is 11.3 Å². The molecule has 0 spiro atoms. The van der Waals surface area contributed by atoms with Gasteiger partial charge in [-0.2, -0.15) is 0 Å². The first-order chi connectivity index (χ1) is 17.1. The van der Waals surface area contributed by atoms with E-state index in [0.717, 1.165) is 21.2 Å². The minimum Gasteiger partial charge on any atom is -0.312 e. The van der Waals surface area contributed by atoms with E-state index < -0.39 is 0 Å². The molecule has 1 saturated heterocycles. The summed E-state index contributed by atoms with van der Waals surface area (Å²) in [5.74, 6) is 0.416. The van der Waals surface area contributed by atoms with Crippen LogP contribution in [-0.2, 0) is 10.5 Å². The Hall–Kier alpha value is -3.20. The summed E-state index contributed by atoms with van der Waals surface area (Å²) in [4.78, 5) is 28.2. The molecule has 9 heteroatoms. The van der Waals surface area contributed by atoms with Gasteiger partial charge >= 0.3 is 0 Å². The van der Waals surface area contributed by atoms with Crippen molar-refractivity contribution in [2.45, 2.75) is 23.0 Å². The molecule has 1 atom stereocenters. The van der Waals surface area contributed by atoms with Crippen LogP contribution in [0, 0.1) is 0 Å². The Morgan fingerprint density at radius 1 is 1.03 bits per heavy atom. The van der Waals surface area contributed by atoms with E-state index in [4.69, 9.17) is 11.6 Å². The number of para-hydroxylation sites is 1. The van der Waals surface area contributed by atoms with Crippen molar-refractivity contribution in [1.29, 1.82) is 0 Å². The Bertz CT molecular complexity index is 1360. The second-order valence-electron chi connectivity index (χ2n) is 8.02. The summed E-state index contributed by atoms with van der Waals surface area (Å²) in [5, 5.41) is 13.2. The number of halogens is 1. The zero-order chi connectivity index (χ0) is 24.2. The number of thioether (sulfide) groups is 1. The van der Waals surface area contributed by atoms with Crippen molar-refractivity contribution in [3.8, 4) is 0 Å². The smallest absolute Gasteiger partial charge is 0.258 e. The molecular weight excluding hydrogens is 500 g/mol. The minimum atomic E-state index is -0.247. The molecule has 6 nitrogen and oxygen atoms in total. The Labute approximate surface area is 216 Å². The monoisotopic (exact) mass is 520 g/mol. The lowest BCUT2D eigenvalue weighted by molar-refractivity contribution is -0.117. The number of aromatic nitrogens is 2. The normalized spacial score (nSPS) is 15.4. The van der Waals surface area contributed by atoms with Crippen LogP contribution >= 0.6 is 34.7 Å². The molecule has 1 fully saturated rings. The van der Waals surface area contributed by atoms with Gasteiger partial charge in [-0.3, -0.25) is 14.9 Å². The van der Waals surface area contributed by atoms with E-state index >= 15 is 0 Å². The van der Waals surface area contributed by atoms with Gasteiger partial charge in [0.1, 0.15) is 5.01 Å². The Kier molecular flexibility index (Phi) is 7.13. The molecule has 176 valence electrons. The minimum absolute atomic E-state index is 0.0516. The van der Waals surface area contributed by atoms with E-state index in [1.54, 1.807) is 22.7 Å². The van der Waals surface area contributed by atoms with Crippen molar-refractivity contribution in [3.63, 3.8) is 0 Å². The first-order valence-corrected chi connectivity index (χ1v) is 13.2. The lowest BCUT2D eigenvalue weighted by Crippen LogP contribution is -2.24. The highest BCUT2D eigenvalue weighted by molar-refractivity contribution is 7.98. The second-order valence-corrected chi connectivity index (χ2v) is 10.5. The highest BCUT2D eigenvalue weighted by Gasteiger charge is 2.34. The number of nitrogens with zero attached hydrogens (tertiary/aromatic N) is 3. The molecule has 0 bridgehead atoms. The van der Waals surface area contributed by atoms with Gasteiger partial charge in [-0.15, -0.1) is 22.0 Å². The third kappa shape index (κ3) is 5.40. The maximum Gasteiger partial charge on any atom is 0.258 e. The van der Waals surface area contributed by atoms with Crippen molar-refractivity contribution in [2.75, 3.05) is 16.8 Å². The van der Waals surface area contributed by atoms with Crippen LogP contribution in [0.2, 0.25) is 5.02 Å². The number of carbonyl (C=O) groups excluding carboxylic acids is 2. The van der Waals surface area contributed by atoms with Crippen molar-refractivity contribution in [1.82, 2.24) is 10.2 Å². The molecule has 1 aliphatic heterocycles. The van der Waals surface area contributed by atoms with E-state index in [2.05, 4.69) is 15.5 Å². The first-order valence-electron chi connectivity index (χ1n) is 11.0. The summed E-state index contributed by atoms with van der Waals surface area (Å²) in [6.45, 7) is 0.549. The fraction of sp³-hybridized carbons (Fsp3) is 0.154. The number of hydrogen-bond donors (Lipinski definition) is 1. The lowest BCUT2D eigenvalue weighted by atomic mass is 10.1. The summed E-state index contributed by atoms with van der Waals surface area (Å²) in [7, 11) is 0. The summed E-state index contributed by atoms with van der Waals surface area (Å²) in [5.41, 5.74) is 2.45. The summed E-state index contributed by atoms with van der Waals surface area (Å²) < 4.78 is 0. The maximum absolute atomic E-state index is 13.1. The third-order valence-electron chi connectivity index (χ3n) is 5.68. The van der Waals surface area contributed by atoms with Crippen molar-refractivity contribution in [3.05, 3.63) is 100 Å². The van der Waals surface area contributed by atoms with E-state index in [-0.39, 0.29) is 17.7 Å². The van der Waals surface area contributed by atoms with Crippen LogP contribution < -0.4 is 10.2 Å². The molecule has 2 heterocycles. The standard InChI is InChI=1S/C26H21ClN4O2S2/c27-21-12-6-4-8-17(21)16-34-22-13-7-5-11-20(22)24(33)28-26-30-29-25(35-26)18-14-23(32)31(15-18)19-9-2-1-3-10-19/h1-13,18H,14-16H2,(H,28,30,33). The second kappa shape index (κ2) is 10.6. The number of rotatable bonds is 7. The van der Waals surface area contributed by atoms with Crippen LogP contribution in [0.15, 0.2) is 83.8 Å². The van der Waals surface area contributed by atoms with Crippen LogP contribution in [-0.4, -0.2) is 28.6 Å². The predicted octanol–water partition coefficient (Wildman–Crippen LogP) is 6.26. The predicted molar refractivity (Wildman–Crippen MR) is 141 cm³/mol. The van der Waals surface area contributed by atoms with Gasteiger partial charge in [0.2, 0.25) is 11.0 Å². The first kappa shape index (κ1) is 23.5. The van der Waals surface area contributed by atoms with Gasteiger partial charge in [0, 0.05) is 40.2 Å². The summed E-state index contributed by atoms with van der Waals surface area (Å²) in [6, 6.07) is 24.7. The van der Waals surface area contributed by atoms with Crippen LogP contribution in [0.5, 0.6) is 0 Å². The lowest BCUT2D eigenvalue weighted by Gasteiger charge is -2.15. The van der Waals surface area contributed by atoms with Gasteiger partial charge in [0.15, 0.2) is 0 Å². The number of hydrogen-bond acceptors (Lipinski definition) is 6. The average Bonchev–Trinajstić information content (AvgIpc) is 3.50. The van der Waals surface area contributed by atoms with Crippen molar-refractivity contribution in [2.24, 2.45) is 0 Å². The van der Waals surface area contributed by atoms with Crippen LogP contribution in [0.25, 0.3) is 0 Å².